The standard InChI is InChI=1S/C12H13F3N2O3/c1-6(2)9(11(19)20)17-10(18)7-3-4-8(16-5-7)12(13,14)15/h3-6,9H,1-2H3,(H,17,18)(H,19,20). The molecule has 0 spiro atoms. The van der Waals surface area contributed by atoms with Crippen molar-refractivity contribution >= 4 is 11.9 Å². The van der Waals surface area contributed by atoms with Gasteiger partial charge in [0, 0.05) is 6.20 Å². The molecule has 0 bridgehead atoms. The highest BCUT2D eigenvalue weighted by Gasteiger charge is 2.32. The number of aliphatic carboxylic acids is 1. The largest absolute Gasteiger partial charge is 0.480 e. The van der Waals surface area contributed by atoms with Gasteiger partial charge in [0.05, 0.1) is 5.56 Å². The molecule has 5 nitrogen and oxygen atoms in total. The number of aromatic nitrogens is 1. The van der Waals surface area contributed by atoms with Crippen LogP contribution in [0, 0.1) is 5.92 Å². The number of carboxylic acid groups (broad SMARTS) is 1. The molecule has 0 aliphatic carbocycles. The van der Waals surface area contributed by atoms with Gasteiger partial charge in [0.2, 0.25) is 0 Å². The Kier molecular flexibility index (Phi) is 4.69. The molecule has 0 saturated heterocycles. The molecule has 0 aliphatic rings. The van der Waals surface area contributed by atoms with E-state index in [4.69, 9.17) is 5.11 Å². The van der Waals surface area contributed by atoms with Gasteiger partial charge in [-0.15, -0.1) is 0 Å². The van der Waals surface area contributed by atoms with Crippen molar-refractivity contribution in [3.05, 3.63) is 29.6 Å². The zero-order chi connectivity index (χ0) is 15.5. The third kappa shape index (κ3) is 3.94. The van der Waals surface area contributed by atoms with Crippen molar-refractivity contribution in [2.75, 3.05) is 0 Å². The van der Waals surface area contributed by atoms with Crippen LogP contribution in [0.4, 0.5) is 13.2 Å². The molecule has 1 amide bonds. The fourth-order valence-electron chi connectivity index (χ4n) is 1.43. The lowest BCUT2D eigenvalue weighted by Gasteiger charge is -2.17. The quantitative estimate of drug-likeness (QED) is 0.888. The Bertz CT molecular complexity index is 498. The molecule has 1 heterocycles. The topological polar surface area (TPSA) is 79.3 Å². The first-order chi connectivity index (χ1) is 9.12. The minimum absolute atomic E-state index is 0.134. The van der Waals surface area contributed by atoms with Crippen LogP contribution in [-0.4, -0.2) is 28.0 Å². The van der Waals surface area contributed by atoms with E-state index in [-0.39, 0.29) is 11.5 Å². The first-order valence-electron chi connectivity index (χ1n) is 5.70. The summed E-state index contributed by atoms with van der Waals surface area (Å²) in [6, 6.07) is 0.495. The van der Waals surface area contributed by atoms with Crippen LogP contribution in [0.25, 0.3) is 0 Å². The smallest absolute Gasteiger partial charge is 0.433 e. The molecule has 1 rings (SSSR count). The molecule has 1 atom stereocenters. The van der Waals surface area contributed by atoms with E-state index in [1.807, 2.05) is 0 Å². The van der Waals surface area contributed by atoms with Crippen LogP contribution in [0.2, 0.25) is 0 Å². The Labute approximate surface area is 112 Å². The van der Waals surface area contributed by atoms with Gasteiger partial charge in [-0.3, -0.25) is 9.78 Å². The molecule has 0 radical (unpaired) electrons. The van der Waals surface area contributed by atoms with Gasteiger partial charge in [-0.05, 0) is 18.1 Å². The van der Waals surface area contributed by atoms with Gasteiger partial charge in [-0.1, -0.05) is 13.8 Å². The Morgan fingerprint density at radius 3 is 2.25 bits per heavy atom. The summed E-state index contributed by atoms with van der Waals surface area (Å²) in [6.07, 6.45) is -3.83. The number of alkyl halides is 3. The van der Waals surface area contributed by atoms with E-state index in [0.29, 0.717) is 6.07 Å². The first-order valence-corrected chi connectivity index (χ1v) is 5.70. The lowest BCUT2D eigenvalue weighted by molar-refractivity contribution is -0.141. The second-order valence-electron chi connectivity index (χ2n) is 4.46. The summed E-state index contributed by atoms with van der Waals surface area (Å²) in [4.78, 5) is 25.8. The zero-order valence-electron chi connectivity index (χ0n) is 10.7. The van der Waals surface area contributed by atoms with Gasteiger partial charge >= 0.3 is 12.1 Å². The maximum Gasteiger partial charge on any atom is 0.433 e. The van der Waals surface area contributed by atoms with Gasteiger partial charge in [-0.2, -0.15) is 13.2 Å². The summed E-state index contributed by atoms with van der Waals surface area (Å²) in [5.74, 6) is -2.36. The van der Waals surface area contributed by atoms with Crippen LogP contribution in [0.1, 0.15) is 29.9 Å². The Morgan fingerprint density at radius 2 is 1.90 bits per heavy atom. The summed E-state index contributed by atoms with van der Waals surface area (Å²) < 4.78 is 36.9. The number of amides is 1. The van der Waals surface area contributed by atoms with E-state index in [1.165, 1.54) is 0 Å². The average Bonchev–Trinajstić information content (AvgIpc) is 2.34. The van der Waals surface area contributed by atoms with Crippen LogP contribution in [0.15, 0.2) is 18.3 Å². The normalized spacial score (nSPS) is 13.1. The highest BCUT2D eigenvalue weighted by Crippen LogP contribution is 2.27. The highest BCUT2D eigenvalue weighted by molar-refractivity contribution is 5.96. The summed E-state index contributed by atoms with van der Waals surface area (Å²) in [5.41, 5.74) is -1.25. The van der Waals surface area contributed by atoms with Crippen molar-refractivity contribution < 1.29 is 27.9 Å². The van der Waals surface area contributed by atoms with Crippen LogP contribution < -0.4 is 5.32 Å². The van der Waals surface area contributed by atoms with E-state index in [2.05, 4.69) is 10.3 Å². The lowest BCUT2D eigenvalue weighted by atomic mass is 10.0. The highest BCUT2D eigenvalue weighted by atomic mass is 19.4. The number of pyridine rings is 1. The predicted molar refractivity (Wildman–Crippen MR) is 63.0 cm³/mol. The number of halogens is 3. The number of carbonyl (C=O) groups is 2. The van der Waals surface area contributed by atoms with Crippen molar-refractivity contribution in [3.63, 3.8) is 0 Å². The molecule has 1 aromatic rings. The number of carboxylic acids is 1. The number of rotatable bonds is 4. The number of carbonyl (C=O) groups excluding carboxylic acids is 1. The van der Waals surface area contributed by atoms with Gasteiger partial charge in [-0.25, -0.2) is 4.79 Å². The average molecular weight is 290 g/mol. The van der Waals surface area contributed by atoms with Gasteiger partial charge in [0.1, 0.15) is 11.7 Å². The number of hydrogen-bond donors (Lipinski definition) is 2. The van der Waals surface area contributed by atoms with Gasteiger partial charge < -0.3 is 10.4 Å². The van der Waals surface area contributed by atoms with Crippen molar-refractivity contribution in [1.82, 2.24) is 10.3 Å². The van der Waals surface area contributed by atoms with E-state index >= 15 is 0 Å². The summed E-state index contributed by atoms with van der Waals surface area (Å²) >= 11 is 0. The fourth-order valence-corrected chi connectivity index (χ4v) is 1.43. The molecule has 0 fully saturated rings. The minimum atomic E-state index is -4.59. The number of nitrogens with zero attached hydrogens (tertiary/aromatic N) is 1. The fraction of sp³-hybridized carbons (Fsp3) is 0.417. The van der Waals surface area contributed by atoms with Crippen LogP contribution in [-0.2, 0) is 11.0 Å². The third-order valence-electron chi connectivity index (χ3n) is 2.54. The molecule has 20 heavy (non-hydrogen) atoms. The Hall–Kier alpha value is -2.12. The molecule has 2 N–H and O–H groups in total. The maximum absolute atomic E-state index is 12.3. The molecular formula is C12H13F3N2O3. The molecule has 1 aromatic heterocycles. The number of hydrogen-bond acceptors (Lipinski definition) is 3. The molecule has 0 aromatic carbocycles. The maximum atomic E-state index is 12.3. The SMILES string of the molecule is CC(C)C(NC(=O)c1ccc(C(F)(F)F)nc1)C(=O)O. The monoisotopic (exact) mass is 290 g/mol. The number of nitrogens with one attached hydrogen (secondary N) is 1. The molecule has 8 heteroatoms. The van der Waals surface area contributed by atoms with Crippen molar-refractivity contribution in [2.24, 2.45) is 5.92 Å². The lowest BCUT2D eigenvalue weighted by Crippen LogP contribution is -2.44. The second-order valence-corrected chi connectivity index (χ2v) is 4.46. The Morgan fingerprint density at radius 1 is 1.30 bits per heavy atom. The summed E-state index contributed by atoms with van der Waals surface area (Å²) in [7, 11) is 0. The van der Waals surface area contributed by atoms with E-state index < -0.39 is 29.8 Å². The Balaban J connectivity index is 2.85. The van der Waals surface area contributed by atoms with Crippen LogP contribution >= 0.6 is 0 Å². The molecule has 0 aliphatic heterocycles. The van der Waals surface area contributed by atoms with Crippen LogP contribution in [0.3, 0.4) is 0 Å². The zero-order valence-corrected chi connectivity index (χ0v) is 10.7. The van der Waals surface area contributed by atoms with Crippen molar-refractivity contribution in [3.8, 4) is 0 Å². The summed E-state index contributed by atoms with van der Waals surface area (Å²) in [5, 5.41) is 11.1. The summed E-state index contributed by atoms with van der Waals surface area (Å²) in [6.45, 7) is 3.20. The first kappa shape index (κ1) is 15.9. The van der Waals surface area contributed by atoms with Crippen molar-refractivity contribution in [2.45, 2.75) is 26.1 Å². The minimum Gasteiger partial charge on any atom is -0.480 e. The van der Waals surface area contributed by atoms with Crippen LogP contribution in [0.5, 0.6) is 0 Å². The third-order valence-corrected chi connectivity index (χ3v) is 2.54. The molecule has 1 unspecified atom stereocenters. The van der Waals surface area contributed by atoms with E-state index in [1.54, 1.807) is 13.8 Å². The second kappa shape index (κ2) is 5.89. The van der Waals surface area contributed by atoms with E-state index in [0.717, 1.165) is 12.3 Å². The molecular weight excluding hydrogens is 277 g/mol. The van der Waals surface area contributed by atoms with Crippen molar-refractivity contribution in [1.29, 1.82) is 0 Å². The van der Waals surface area contributed by atoms with Gasteiger partial charge in [0.25, 0.3) is 5.91 Å². The van der Waals surface area contributed by atoms with Gasteiger partial charge in [0.15, 0.2) is 0 Å². The molecule has 0 saturated carbocycles. The van der Waals surface area contributed by atoms with E-state index in [9.17, 15) is 22.8 Å². The predicted octanol–water partition coefficient (Wildman–Crippen LogP) is 1.94. The molecule has 110 valence electrons.